The van der Waals surface area contributed by atoms with Crippen molar-refractivity contribution in [1.29, 1.82) is 0 Å². The summed E-state index contributed by atoms with van der Waals surface area (Å²) in [6.45, 7) is 6.49. The maximum atomic E-state index is 12.4. The molecule has 0 aliphatic carbocycles. The van der Waals surface area contributed by atoms with E-state index in [1.807, 2.05) is 30.2 Å². The highest BCUT2D eigenvalue weighted by molar-refractivity contribution is 5.76. The molecule has 5 heteroatoms. The summed E-state index contributed by atoms with van der Waals surface area (Å²) >= 11 is 0. The molecule has 0 saturated carbocycles. The molecule has 1 aliphatic rings. The van der Waals surface area contributed by atoms with Gasteiger partial charge in [0.05, 0.1) is 0 Å². The predicted molar refractivity (Wildman–Crippen MR) is 97.6 cm³/mol. The van der Waals surface area contributed by atoms with E-state index in [2.05, 4.69) is 28.6 Å². The van der Waals surface area contributed by atoms with Gasteiger partial charge >= 0.3 is 0 Å². The lowest BCUT2D eigenvalue weighted by molar-refractivity contribution is -0.133. The van der Waals surface area contributed by atoms with Crippen molar-refractivity contribution in [1.82, 2.24) is 14.5 Å². The molecule has 1 aliphatic heterocycles. The molecule has 2 aromatic rings. The number of amides is 1. The average Bonchev–Trinajstić information content (AvgIpc) is 3.02. The Bertz CT molecular complexity index is 685. The number of likely N-dealkylation sites (tertiary alicyclic amines) is 1. The van der Waals surface area contributed by atoms with Crippen molar-refractivity contribution in [2.75, 3.05) is 13.1 Å². The number of rotatable bonds is 6. The van der Waals surface area contributed by atoms with Gasteiger partial charge in [0.1, 0.15) is 17.7 Å². The molecule has 0 spiro atoms. The molecule has 0 bridgehead atoms. The lowest BCUT2D eigenvalue weighted by Crippen LogP contribution is -2.41. The molecule has 25 heavy (non-hydrogen) atoms. The number of hydrogen-bond donors (Lipinski definition) is 0. The van der Waals surface area contributed by atoms with Crippen LogP contribution >= 0.6 is 0 Å². The molecule has 1 aromatic carbocycles. The van der Waals surface area contributed by atoms with Crippen molar-refractivity contribution in [2.24, 2.45) is 0 Å². The van der Waals surface area contributed by atoms with E-state index in [1.165, 1.54) is 5.56 Å². The van der Waals surface area contributed by atoms with Crippen LogP contribution in [0, 0.1) is 13.8 Å². The summed E-state index contributed by atoms with van der Waals surface area (Å²) in [5.41, 5.74) is 1.23. The number of carbonyl (C=O) groups excluding carboxylic acids is 1. The van der Waals surface area contributed by atoms with Crippen LogP contribution in [0.2, 0.25) is 0 Å². The third-order valence-electron chi connectivity index (χ3n) is 4.83. The molecule has 0 atom stereocenters. The number of ether oxygens (including phenoxy) is 1. The molecule has 0 N–H and O–H groups in total. The van der Waals surface area contributed by atoms with Gasteiger partial charge in [-0.1, -0.05) is 17.7 Å². The second-order valence-corrected chi connectivity index (χ2v) is 6.78. The van der Waals surface area contributed by atoms with Crippen LogP contribution in [0.15, 0.2) is 36.7 Å². The molecule has 5 nitrogen and oxygen atoms in total. The first-order valence-corrected chi connectivity index (χ1v) is 9.10. The van der Waals surface area contributed by atoms with E-state index >= 15 is 0 Å². The Morgan fingerprint density at radius 1 is 1.20 bits per heavy atom. The topological polar surface area (TPSA) is 47.4 Å². The van der Waals surface area contributed by atoms with E-state index in [1.54, 1.807) is 6.20 Å². The van der Waals surface area contributed by atoms with E-state index in [4.69, 9.17) is 4.74 Å². The number of piperidine rings is 1. The highest BCUT2D eigenvalue weighted by Gasteiger charge is 2.23. The number of hydrogen-bond acceptors (Lipinski definition) is 3. The van der Waals surface area contributed by atoms with Crippen LogP contribution in [0.25, 0.3) is 0 Å². The van der Waals surface area contributed by atoms with Crippen LogP contribution in [0.4, 0.5) is 0 Å². The Balaban J connectivity index is 1.38. The fourth-order valence-electron chi connectivity index (χ4n) is 3.23. The first-order valence-electron chi connectivity index (χ1n) is 9.10. The third-order valence-corrected chi connectivity index (χ3v) is 4.83. The maximum absolute atomic E-state index is 12.4. The smallest absolute Gasteiger partial charge is 0.222 e. The molecule has 0 radical (unpaired) electrons. The number of nitrogens with zero attached hydrogens (tertiary/aromatic N) is 3. The summed E-state index contributed by atoms with van der Waals surface area (Å²) in [7, 11) is 0. The first-order chi connectivity index (χ1) is 12.1. The van der Waals surface area contributed by atoms with Gasteiger partial charge in [-0.15, -0.1) is 0 Å². The Morgan fingerprint density at radius 2 is 1.92 bits per heavy atom. The van der Waals surface area contributed by atoms with Gasteiger partial charge in [0.15, 0.2) is 0 Å². The van der Waals surface area contributed by atoms with Gasteiger partial charge in [-0.25, -0.2) is 4.98 Å². The summed E-state index contributed by atoms with van der Waals surface area (Å²) in [6, 6.07) is 8.17. The fraction of sp³-hybridized carbons (Fsp3) is 0.500. The molecule has 3 rings (SSSR count). The van der Waals surface area contributed by atoms with Crippen LogP contribution in [0.5, 0.6) is 5.75 Å². The minimum absolute atomic E-state index is 0.209. The number of aryl methyl sites for hydroxylation is 3. The van der Waals surface area contributed by atoms with Crippen molar-refractivity contribution in [3.05, 3.63) is 48.0 Å². The normalized spacial score (nSPS) is 15.4. The number of imidazole rings is 1. The number of benzene rings is 1. The zero-order chi connectivity index (χ0) is 17.6. The number of aromatic nitrogens is 2. The Morgan fingerprint density at radius 3 is 2.56 bits per heavy atom. The van der Waals surface area contributed by atoms with Gasteiger partial charge in [0, 0.05) is 51.3 Å². The van der Waals surface area contributed by atoms with E-state index < -0.39 is 0 Å². The Labute approximate surface area is 149 Å². The van der Waals surface area contributed by atoms with Crippen molar-refractivity contribution >= 4 is 5.91 Å². The van der Waals surface area contributed by atoms with Crippen LogP contribution in [0.3, 0.4) is 0 Å². The van der Waals surface area contributed by atoms with Gasteiger partial charge in [-0.05, 0) is 32.4 Å². The molecule has 2 heterocycles. The SMILES string of the molecule is Cc1ccc(OC2CCN(C(=O)CCCn3ccnc3C)CC2)cc1. The van der Waals surface area contributed by atoms with E-state index in [0.29, 0.717) is 6.42 Å². The van der Waals surface area contributed by atoms with Crippen LogP contribution in [-0.2, 0) is 11.3 Å². The Kier molecular flexibility index (Phi) is 5.74. The maximum Gasteiger partial charge on any atom is 0.222 e. The minimum atomic E-state index is 0.209. The zero-order valence-corrected chi connectivity index (χ0v) is 15.1. The third kappa shape index (κ3) is 4.84. The summed E-state index contributed by atoms with van der Waals surface area (Å²) in [6.07, 6.45) is 7.24. The largest absolute Gasteiger partial charge is 0.490 e. The molecule has 1 fully saturated rings. The van der Waals surface area contributed by atoms with Crippen LogP contribution < -0.4 is 4.74 Å². The van der Waals surface area contributed by atoms with Crippen LogP contribution in [-0.4, -0.2) is 39.6 Å². The molecule has 0 unspecified atom stereocenters. The van der Waals surface area contributed by atoms with Gasteiger partial charge in [-0.2, -0.15) is 0 Å². The molecule has 134 valence electrons. The standard InChI is InChI=1S/C20H27N3O2/c1-16-5-7-18(8-6-16)25-19-9-13-23(14-10-19)20(24)4-3-12-22-15-11-21-17(22)2/h5-8,11,15,19H,3-4,9-10,12-14H2,1-2H3. The molecular formula is C20H27N3O2. The highest BCUT2D eigenvalue weighted by atomic mass is 16.5. The predicted octanol–water partition coefficient (Wildman–Crippen LogP) is 3.35. The van der Waals surface area contributed by atoms with Gasteiger partial charge < -0.3 is 14.2 Å². The average molecular weight is 341 g/mol. The lowest BCUT2D eigenvalue weighted by Gasteiger charge is -2.32. The van der Waals surface area contributed by atoms with E-state index in [-0.39, 0.29) is 12.0 Å². The zero-order valence-electron chi connectivity index (χ0n) is 15.1. The first kappa shape index (κ1) is 17.5. The number of carbonyl (C=O) groups is 1. The van der Waals surface area contributed by atoms with Crippen molar-refractivity contribution in [3.8, 4) is 5.75 Å². The van der Waals surface area contributed by atoms with Crippen molar-refractivity contribution in [3.63, 3.8) is 0 Å². The second-order valence-electron chi connectivity index (χ2n) is 6.78. The summed E-state index contributed by atoms with van der Waals surface area (Å²) in [5, 5.41) is 0. The lowest BCUT2D eigenvalue weighted by atomic mass is 10.1. The quantitative estimate of drug-likeness (QED) is 0.809. The molecule has 1 aromatic heterocycles. The van der Waals surface area contributed by atoms with Crippen molar-refractivity contribution < 1.29 is 9.53 Å². The molecular weight excluding hydrogens is 314 g/mol. The van der Waals surface area contributed by atoms with E-state index in [9.17, 15) is 4.79 Å². The van der Waals surface area contributed by atoms with Gasteiger partial charge in [0.2, 0.25) is 5.91 Å². The van der Waals surface area contributed by atoms with Crippen LogP contribution in [0.1, 0.15) is 37.1 Å². The Hall–Kier alpha value is -2.30. The van der Waals surface area contributed by atoms with E-state index in [0.717, 1.165) is 50.5 Å². The summed E-state index contributed by atoms with van der Waals surface area (Å²) in [4.78, 5) is 18.6. The summed E-state index contributed by atoms with van der Waals surface area (Å²) < 4.78 is 8.13. The van der Waals surface area contributed by atoms with Gasteiger partial charge in [0.25, 0.3) is 0 Å². The second kappa shape index (κ2) is 8.19. The van der Waals surface area contributed by atoms with Crippen molar-refractivity contribution in [2.45, 2.75) is 52.2 Å². The fourth-order valence-corrected chi connectivity index (χ4v) is 3.23. The highest BCUT2D eigenvalue weighted by Crippen LogP contribution is 2.20. The van der Waals surface area contributed by atoms with Gasteiger partial charge in [-0.3, -0.25) is 4.79 Å². The molecule has 1 amide bonds. The summed E-state index contributed by atoms with van der Waals surface area (Å²) in [5.74, 6) is 2.18. The minimum Gasteiger partial charge on any atom is -0.490 e. The molecule has 1 saturated heterocycles. The monoisotopic (exact) mass is 341 g/mol.